The summed E-state index contributed by atoms with van der Waals surface area (Å²) in [7, 11) is 0. The Morgan fingerprint density at radius 2 is 2.22 bits per heavy atom. The smallest absolute Gasteiger partial charge is 0.230 e. The lowest BCUT2D eigenvalue weighted by Gasteiger charge is -2.05. The fourth-order valence-corrected chi connectivity index (χ4v) is 2.86. The highest BCUT2D eigenvalue weighted by Gasteiger charge is 2.10. The molecule has 0 atom stereocenters. The third-order valence-electron chi connectivity index (χ3n) is 3.26. The molecule has 0 fully saturated rings. The number of nitrogens with one attached hydrogen (secondary N) is 1. The van der Waals surface area contributed by atoms with E-state index >= 15 is 0 Å². The number of aromatic nitrogens is 2. The molecule has 23 heavy (non-hydrogen) atoms. The average Bonchev–Trinajstić information content (AvgIpc) is 3.00. The van der Waals surface area contributed by atoms with Crippen molar-refractivity contribution < 1.29 is 9.18 Å². The second-order valence-electron chi connectivity index (χ2n) is 5.07. The number of pyridine rings is 1. The molecule has 0 aliphatic rings. The molecular weight excluding hydrogens is 313 g/mol. The zero-order valence-corrected chi connectivity index (χ0v) is 13.2. The van der Waals surface area contributed by atoms with Gasteiger partial charge in [-0.05, 0) is 36.8 Å². The molecule has 1 N–H and O–H groups in total. The molecule has 1 amide bonds. The lowest BCUT2D eigenvalue weighted by molar-refractivity contribution is -0.115. The van der Waals surface area contributed by atoms with Gasteiger partial charge < -0.3 is 5.32 Å². The highest BCUT2D eigenvalue weighted by atomic mass is 32.1. The van der Waals surface area contributed by atoms with Crippen LogP contribution < -0.4 is 5.32 Å². The molecule has 0 unspecified atom stereocenters. The van der Waals surface area contributed by atoms with Crippen molar-refractivity contribution >= 4 is 22.9 Å². The number of hydrogen-bond acceptors (Lipinski definition) is 4. The van der Waals surface area contributed by atoms with Gasteiger partial charge in [0.15, 0.2) is 0 Å². The first-order chi connectivity index (χ1) is 11.1. The Bertz CT molecular complexity index is 833. The molecule has 116 valence electrons. The van der Waals surface area contributed by atoms with Crippen LogP contribution in [0.15, 0.2) is 48.1 Å². The Balaban J connectivity index is 1.66. The number of aryl methyl sites for hydroxylation is 1. The van der Waals surface area contributed by atoms with E-state index < -0.39 is 0 Å². The van der Waals surface area contributed by atoms with Gasteiger partial charge in [0.2, 0.25) is 5.91 Å². The van der Waals surface area contributed by atoms with E-state index in [0.717, 1.165) is 10.6 Å². The largest absolute Gasteiger partial charge is 0.326 e. The van der Waals surface area contributed by atoms with Crippen LogP contribution in [0.2, 0.25) is 0 Å². The molecular formula is C17H14FN3OS. The van der Waals surface area contributed by atoms with Gasteiger partial charge in [-0.2, -0.15) is 0 Å². The van der Waals surface area contributed by atoms with Crippen LogP contribution in [0.25, 0.3) is 10.6 Å². The van der Waals surface area contributed by atoms with E-state index in [0.29, 0.717) is 16.9 Å². The van der Waals surface area contributed by atoms with Crippen molar-refractivity contribution in [3.8, 4) is 10.6 Å². The minimum Gasteiger partial charge on any atom is -0.326 e. The van der Waals surface area contributed by atoms with Crippen LogP contribution in [-0.4, -0.2) is 15.9 Å². The summed E-state index contributed by atoms with van der Waals surface area (Å²) in [4.78, 5) is 20.5. The summed E-state index contributed by atoms with van der Waals surface area (Å²) in [6.45, 7) is 1.68. The molecule has 2 aromatic heterocycles. The minimum atomic E-state index is -0.338. The lowest BCUT2D eigenvalue weighted by atomic mass is 10.2. The van der Waals surface area contributed by atoms with Crippen molar-refractivity contribution in [2.75, 3.05) is 5.32 Å². The van der Waals surface area contributed by atoms with Crippen molar-refractivity contribution in [1.82, 2.24) is 9.97 Å². The monoisotopic (exact) mass is 327 g/mol. The van der Waals surface area contributed by atoms with E-state index in [-0.39, 0.29) is 18.1 Å². The number of amides is 1. The standard InChI is InChI=1S/C17H14FN3OS/c1-11-4-5-13(7-15(11)18)20-16(22)8-14-10-23-17(21-14)12-3-2-6-19-9-12/h2-7,9-10H,8H2,1H3,(H,20,22). The minimum absolute atomic E-state index is 0.145. The molecule has 3 aromatic rings. The Hall–Kier alpha value is -2.60. The summed E-state index contributed by atoms with van der Waals surface area (Å²) in [6.07, 6.45) is 3.58. The Kier molecular flexibility index (Phi) is 4.43. The van der Waals surface area contributed by atoms with Crippen LogP contribution in [-0.2, 0) is 11.2 Å². The van der Waals surface area contributed by atoms with Crippen molar-refractivity contribution in [3.05, 3.63) is 65.2 Å². The van der Waals surface area contributed by atoms with Gasteiger partial charge in [0.25, 0.3) is 0 Å². The van der Waals surface area contributed by atoms with Crippen LogP contribution in [0.5, 0.6) is 0 Å². The summed E-state index contributed by atoms with van der Waals surface area (Å²) in [6, 6.07) is 8.39. The summed E-state index contributed by atoms with van der Waals surface area (Å²) in [5, 5.41) is 5.35. The molecule has 0 saturated carbocycles. The number of nitrogens with zero attached hydrogens (tertiary/aromatic N) is 2. The van der Waals surface area contributed by atoms with Gasteiger partial charge in [0.1, 0.15) is 10.8 Å². The predicted octanol–water partition coefficient (Wildman–Crippen LogP) is 3.83. The van der Waals surface area contributed by atoms with Gasteiger partial charge in [0, 0.05) is 29.0 Å². The first-order valence-electron chi connectivity index (χ1n) is 7.02. The lowest BCUT2D eigenvalue weighted by Crippen LogP contribution is -2.14. The first-order valence-corrected chi connectivity index (χ1v) is 7.90. The number of carbonyl (C=O) groups excluding carboxylic acids is 1. The summed E-state index contributed by atoms with van der Waals surface area (Å²) >= 11 is 1.46. The molecule has 1 aromatic carbocycles. The van der Waals surface area contributed by atoms with E-state index in [2.05, 4.69) is 15.3 Å². The average molecular weight is 327 g/mol. The van der Waals surface area contributed by atoms with Gasteiger partial charge in [-0.1, -0.05) is 6.07 Å². The maximum atomic E-state index is 13.5. The number of thiazole rings is 1. The summed E-state index contributed by atoms with van der Waals surface area (Å²) < 4.78 is 13.5. The zero-order chi connectivity index (χ0) is 16.2. The van der Waals surface area contributed by atoms with Gasteiger partial charge in [-0.25, -0.2) is 9.37 Å². The summed E-state index contributed by atoms with van der Waals surface area (Å²) in [5.74, 6) is -0.563. The second-order valence-corrected chi connectivity index (χ2v) is 5.93. The number of halogens is 1. The van der Waals surface area contributed by atoms with Gasteiger partial charge >= 0.3 is 0 Å². The molecule has 0 aliphatic heterocycles. The Morgan fingerprint density at radius 3 is 2.96 bits per heavy atom. The molecule has 3 rings (SSSR count). The Morgan fingerprint density at radius 1 is 1.35 bits per heavy atom. The molecule has 0 bridgehead atoms. The van der Waals surface area contributed by atoms with Crippen LogP contribution >= 0.6 is 11.3 Å². The maximum Gasteiger partial charge on any atom is 0.230 e. The molecule has 2 heterocycles. The SMILES string of the molecule is Cc1ccc(NC(=O)Cc2csc(-c3cccnc3)n2)cc1F. The normalized spacial score (nSPS) is 10.5. The topological polar surface area (TPSA) is 54.9 Å². The number of hydrogen-bond donors (Lipinski definition) is 1. The predicted molar refractivity (Wildman–Crippen MR) is 88.8 cm³/mol. The second kappa shape index (κ2) is 6.66. The number of rotatable bonds is 4. The Labute approximate surface area is 137 Å². The van der Waals surface area contributed by atoms with Crippen LogP contribution in [0, 0.1) is 12.7 Å². The maximum absolute atomic E-state index is 13.5. The van der Waals surface area contributed by atoms with Gasteiger partial charge in [0.05, 0.1) is 12.1 Å². The molecule has 0 spiro atoms. The number of carbonyl (C=O) groups is 1. The number of benzene rings is 1. The highest BCUT2D eigenvalue weighted by molar-refractivity contribution is 7.13. The van der Waals surface area contributed by atoms with Crippen LogP contribution in [0.1, 0.15) is 11.3 Å². The van der Waals surface area contributed by atoms with Crippen molar-refractivity contribution in [2.45, 2.75) is 13.3 Å². The van der Waals surface area contributed by atoms with Gasteiger partial charge in [-0.3, -0.25) is 9.78 Å². The van der Waals surface area contributed by atoms with E-state index in [1.165, 1.54) is 17.4 Å². The van der Waals surface area contributed by atoms with E-state index in [1.54, 1.807) is 31.5 Å². The summed E-state index contributed by atoms with van der Waals surface area (Å²) in [5.41, 5.74) is 2.59. The molecule has 0 radical (unpaired) electrons. The van der Waals surface area contributed by atoms with E-state index in [1.807, 2.05) is 17.5 Å². The first kappa shape index (κ1) is 15.3. The van der Waals surface area contributed by atoms with E-state index in [4.69, 9.17) is 0 Å². The third kappa shape index (κ3) is 3.78. The molecule has 0 saturated heterocycles. The van der Waals surface area contributed by atoms with Crippen molar-refractivity contribution in [3.63, 3.8) is 0 Å². The van der Waals surface area contributed by atoms with Crippen molar-refractivity contribution in [2.24, 2.45) is 0 Å². The zero-order valence-electron chi connectivity index (χ0n) is 12.4. The number of anilines is 1. The highest BCUT2D eigenvalue weighted by Crippen LogP contribution is 2.23. The van der Waals surface area contributed by atoms with E-state index in [9.17, 15) is 9.18 Å². The van der Waals surface area contributed by atoms with Crippen LogP contribution in [0.3, 0.4) is 0 Å². The fourth-order valence-electron chi connectivity index (χ4n) is 2.05. The van der Waals surface area contributed by atoms with Crippen LogP contribution in [0.4, 0.5) is 10.1 Å². The molecule has 6 heteroatoms. The quantitative estimate of drug-likeness (QED) is 0.792. The van der Waals surface area contributed by atoms with Gasteiger partial charge in [-0.15, -0.1) is 11.3 Å². The molecule has 0 aliphatic carbocycles. The van der Waals surface area contributed by atoms with Crippen molar-refractivity contribution in [1.29, 1.82) is 0 Å². The fraction of sp³-hybridized carbons (Fsp3) is 0.118. The third-order valence-corrected chi connectivity index (χ3v) is 4.20. The molecule has 4 nitrogen and oxygen atoms in total.